The summed E-state index contributed by atoms with van der Waals surface area (Å²) in [5.41, 5.74) is -1.35. The number of ketones is 1. The van der Waals surface area contributed by atoms with Gasteiger partial charge in [0.05, 0.1) is 12.0 Å². The van der Waals surface area contributed by atoms with Gasteiger partial charge in [-0.15, -0.1) is 0 Å². The van der Waals surface area contributed by atoms with Crippen LogP contribution in [0, 0.1) is 0 Å². The van der Waals surface area contributed by atoms with Crippen LogP contribution in [0.15, 0.2) is 51.7 Å². The number of halogens is 3. The van der Waals surface area contributed by atoms with Gasteiger partial charge in [-0.25, -0.2) is 0 Å². The number of ether oxygens (including phenoxy) is 3. The van der Waals surface area contributed by atoms with Crippen LogP contribution in [-0.4, -0.2) is 19.0 Å². The molecule has 0 atom stereocenters. The lowest BCUT2D eigenvalue weighted by Gasteiger charge is -2.15. The average molecular weight is 422 g/mol. The zero-order valence-corrected chi connectivity index (χ0v) is 16.0. The van der Waals surface area contributed by atoms with E-state index in [1.54, 1.807) is 13.0 Å². The van der Waals surface area contributed by atoms with Crippen LogP contribution in [0.3, 0.4) is 0 Å². The van der Waals surface area contributed by atoms with Crippen LogP contribution in [0.2, 0.25) is 0 Å². The lowest BCUT2D eigenvalue weighted by atomic mass is 10.2. The molecule has 2 aromatic carbocycles. The predicted octanol–water partition coefficient (Wildman–Crippen LogP) is 4.97. The van der Waals surface area contributed by atoms with Gasteiger partial charge in [0.25, 0.3) is 5.76 Å². The summed E-state index contributed by atoms with van der Waals surface area (Å²) < 4.78 is 61.8. The molecule has 1 aromatic heterocycles. The minimum absolute atomic E-state index is 0.0575. The summed E-state index contributed by atoms with van der Waals surface area (Å²) in [6, 6.07) is 9.76. The number of alkyl halides is 3. The second-order valence-corrected chi connectivity index (χ2v) is 6.22. The van der Waals surface area contributed by atoms with Gasteiger partial charge in [-0.05, 0) is 38.1 Å². The van der Waals surface area contributed by atoms with Crippen LogP contribution < -0.4 is 19.6 Å². The number of carbonyl (C=O) groups excluding carboxylic acids is 1. The van der Waals surface area contributed by atoms with E-state index in [2.05, 4.69) is 0 Å². The molecule has 0 saturated carbocycles. The highest BCUT2D eigenvalue weighted by atomic mass is 19.4. The van der Waals surface area contributed by atoms with Gasteiger partial charge in [0, 0.05) is 6.07 Å². The second kappa shape index (κ2) is 8.48. The molecule has 3 rings (SSSR count). The largest absolute Gasteiger partial charge is 0.490 e. The topological polar surface area (TPSA) is 75.0 Å². The summed E-state index contributed by atoms with van der Waals surface area (Å²) in [5, 5.41) is -0.137. The van der Waals surface area contributed by atoms with Gasteiger partial charge in [0.2, 0.25) is 11.2 Å². The molecule has 0 spiro atoms. The average Bonchev–Trinajstić information content (AvgIpc) is 2.69. The summed E-state index contributed by atoms with van der Waals surface area (Å²) in [6.07, 6.45) is -5.00. The van der Waals surface area contributed by atoms with E-state index < -0.39 is 23.1 Å². The summed E-state index contributed by atoms with van der Waals surface area (Å²) in [5.74, 6) is -2.65. The second-order valence-electron chi connectivity index (χ2n) is 6.22. The van der Waals surface area contributed by atoms with Crippen molar-refractivity contribution < 1.29 is 36.6 Å². The summed E-state index contributed by atoms with van der Waals surface area (Å²) in [6.45, 7) is 2.99. The van der Waals surface area contributed by atoms with Crippen molar-refractivity contribution in [2.24, 2.45) is 0 Å². The monoisotopic (exact) mass is 422 g/mol. The van der Waals surface area contributed by atoms with Gasteiger partial charge in [0.15, 0.2) is 17.3 Å². The summed E-state index contributed by atoms with van der Waals surface area (Å²) >= 11 is 0. The van der Waals surface area contributed by atoms with Gasteiger partial charge in [0.1, 0.15) is 17.9 Å². The van der Waals surface area contributed by atoms with Crippen molar-refractivity contribution in [2.45, 2.75) is 20.0 Å². The standard InChI is InChI=1S/C21H17F3O6/c1-3-27-15-6-4-5-7-16(15)29-19-18(26)14-9-8-13(28-11-12(2)25)10-17(14)30-20(19)21(22,23)24/h4-10H,3,11H2,1-2H3. The van der Waals surface area contributed by atoms with Crippen LogP contribution in [-0.2, 0) is 11.0 Å². The molecule has 0 saturated heterocycles. The molecule has 0 aliphatic rings. The number of para-hydroxylation sites is 2. The lowest BCUT2D eigenvalue weighted by molar-refractivity contribution is -0.154. The van der Waals surface area contributed by atoms with Crippen molar-refractivity contribution >= 4 is 16.8 Å². The van der Waals surface area contributed by atoms with Crippen LogP contribution in [0.4, 0.5) is 13.2 Å². The van der Waals surface area contributed by atoms with E-state index in [-0.39, 0.29) is 47.2 Å². The fraction of sp³-hybridized carbons (Fsp3) is 0.238. The van der Waals surface area contributed by atoms with Crippen LogP contribution in [0.5, 0.6) is 23.0 Å². The number of benzene rings is 2. The fourth-order valence-corrected chi connectivity index (χ4v) is 2.63. The van der Waals surface area contributed by atoms with E-state index in [4.69, 9.17) is 18.6 Å². The van der Waals surface area contributed by atoms with Gasteiger partial charge < -0.3 is 18.6 Å². The highest BCUT2D eigenvalue weighted by Crippen LogP contribution is 2.40. The highest BCUT2D eigenvalue weighted by Gasteiger charge is 2.40. The molecular formula is C21H17F3O6. The summed E-state index contributed by atoms with van der Waals surface area (Å²) in [4.78, 5) is 23.9. The maximum Gasteiger partial charge on any atom is 0.453 e. The molecule has 0 unspecified atom stereocenters. The number of carbonyl (C=O) groups is 1. The maximum atomic E-state index is 13.6. The van der Waals surface area contributed by atoms with E-state index in [0.29, 0.717) is 0 Å². The molecule has 0 N–H and O–H groups in total. The minimum atomic E-state index is -5.00. The van der Waals surface area contributed by atoms with Crippen molar-refractivity contribution in [3.05, 3.63) is 58.4 Å². The Balaban J connectivity index is 2.14. The highest BCUT2D eigenvalue weighted by molar-refractivity contribution is 5.80. The van der Waals surface area contributed by atoms with Crippen molar-refractivity contribution in [1.29, 1.82) is 0 Å². The Bertz CT molecular complexity index is 1130. The third-order valence-electron chi connectivity index (χ3n) is 3.88. The molecule has 0 aliphatic heterocycles. The molecule has 0 bridgehead atoms. The fourth-order valence-electron chi connectivity index (χ4n) is 2.63. The first-order valence-electron chi connectivity index (χ1n) is 8.90. The molecule has 0 fully saturated rings. The van der Waals surface area contributed by atoms with Gasteiger partial charge in [-0.1, -0.05) is 12.1 Å². The number of hydrogen-bond donors (Lipinski definition) is 0. The maximum absolute atomic E-state index is 13.6. The molecule has 0 amide bonds. The molecule has 158 valence electrons. The molecule has 3 aromatic rings. The summed E-state index contributed by atoms with van der Waals surface area (Å²) in [7, 11) is 0. The lowest BCUT2D eigenvalue weighted by Crippen LogP contribution is -2.16. The predicted molar refractivity (Wildman–Crippen MR) is 101 cm³/mol. The Morgan fingerprint density at radius 3 is 2.40 bits per heavy atom. The van der Waals surface area contributed by atoms with E-state index in [0.717, 1.165) is 6.07 Å². The Kier molecular flexibility index (Phi) is 6.00. The van der Waals surface area contributed by atoms with Crippen LogP contribution >= 0.6 is 0 Å². The number of Topliss-reactive ketones (excluding diaryl/α,β-unsaturated/α-hetero) is 1. The minimum Gasteiger partial charge on any atom is -0.490 e. The van der Waals surface area contributed by atoms with Crippen LogP contribution in [0.1, 0.15) is 19.6 Å². The number of fused-ring (bicyclic) bond motifs is 1. The molecule has 9 heteroatoms. The van der Waals surface area contributed by atoms with Crippen molar-refractivity contribution in [1.82, 2.24) is 0 Å². The van der Waals surface area contributed by atoms with Gasteiger partial charge >= 0.3 is 6.18 Å². The molecule has 1 heterocycles. The third-order valence-corrected chi connectivity index (χ3v) is 3.88. The molecule has 0 radical (unpaired) electrons. The number of rotatable bonds is 7. The first-order chi connectivity index (χ1) is 14.2. The third kappa shape index (κ3) is 4.56. The Hall–Kier alpha value is -3.49. The molecule has 0 aliphatic carbocycles. The Morgan fingerprint density at radius 2 is 1.77 bits per heavy atom. The Morgan fingerprint density at radius 1 is 1.07 bits per heavy atom. The zero-order chi connectivity index (χ0) is 21.9. The normalized spacial score (nSPS) is 11.4. The van der Waals surface area contributed by atoms with E-state index in [1.807, 2.05) is 0 Å². The van der Waals surface area contributed by atoms with E-state index >= 15 is 0 Å². The first kappa shape index (κ1) is 21.2. The van der Waals surface area contributed by atoms with Crippen LogP contribution in [0.25, 0.3) is 11.0 Å². The first-order valence-corrected chi connectivity index (χ1v) is 8.90. The van der Waals surface area contributed by atoms with Crippen molar-refractivity contribution in [3.63, 3.8) is 0 Å². The van der Waals surface area contributed by atoms with E-state index in [9.17, 15) is 22.8 Å². The zero-order valence-electron chi connectivity index (χ0n) is 16.0. The van der Waals surface area contributed by atoms with Gasteiger partial charge in [-0.3, -0.25) is 9.59 Å². The quantitative estimate of drug-likeness (QED) is 0.535. The molecular weight excluding hydrogens is 405 g/mol. The van der Waals surface area contributed by atoms with Crippen molar-refractivity contribution in [2.75, 3.05) is 13.2 Å². The SMILES string of the molecule is CCOc1ccccc1Oc1c(C(F)(F)F)oc2cc(OCC(C)=O)ccc2c1=O. The Labute approximate surface area is 168 Å². The smallest absolute Gasteiger partial charge is 0.453 e. The van der Waals surface area contributed by atoms with E-state index in [1.165, 1.54) is 37.3 Å². The molecule has 30 heavy (non-hydrogen) atoms. The number of hydrogen-bond acceptors (Lipinski definition) is 6. The van der Waals surface area contributed by atoms with Crippen molar-refractivity contribution in [3.8, 4) is 23.0 Å². The molecule has 6 nitrogen and oxygen atoms in total. The van der Waals surface area contributed by atoms with Gasteiger partial charge in [-0.2, -0.15) is 13.2 Å².